The third-order valence-corrected chi connectivity index (χ3v) is 0.932. The standard InChI is InChI=1S/C4H10O5/c5-1-3(7)4(2-6)9-8/h3-8H,1-2H2. The molecule has 0 spiro atoms. The predicted molar refractivity (Wildman–Crippen MR) is 27.7 cm³/mol. The Balaban J connectivity index is 3.50. The summed E-state index contributed by atoms with van der Waals surface area (Å²) in [5.41, 5.74) is 0. The van der Waals surface area contributed by atoms with Gasteiger partial charge in [-0.05, 0) is 0 Å². The molecule has 4 N–H and O–H groups in total. The fourth-order valence-corrected chi connectivity index (χ4v) is 0.343. The van der Waals surface area contributed by atoms with Gasteiger partial charge in [0.15, 0.2) is 0 Å². The van der Waals surface area contributed by atoms with Gasteiger partial charge in [-0.25, -0.2) is 4.89 Å². The van der Waals surface area contributed by atoms with E-state index in [4.69, 9.17) is 20.6 Å². The van der Waals surface area contributed by atoms with Crippen molar-refractivity contribution in [3.05, 3.63) is 0 Å². The molecular weight excluding hydrogens is 128 g/mol. The van der Waals surface area contributed by atoms with Gasteiger partial charge in [0, 0.05) is 0 Å². The maximum absolute atomic E-state index is 8.62. The second kappa shape index (κ2) is 4.66. The summed E-state index contributed by atoms with van der Waals surface area (Å²) in [6.45, 7) is -1.08. The summed E-state index contributed by atoms with van der Waals surface area (Å²) in [6.07, 6.45) is -2.35. The van der Waals surface area contributed by atoms with Crippen LogP contribution in [-0.4, -0.2) is 46.0 Å². The highest BCUT2D eigenvalue weighted by Gasteiger charge is 2.17. The van der Waals surface area contributed by atoms with E-state index in [-0.39, 0.29) is 0 Å². The average Bonchev–Trinajstić information content (AvgIpc) is 1.90. The van der Waals surface area contributed by atoms with E-state index in [1.54, 1.807) is 0 Å². The van der Waals surface area contributed by atoms with Gasteiger partial charge >= 0.3 is 0 Å². The van der Waals surface area contributed by atoms with Gasteiger partial charge in [0.2, 0.25) is 0 Å². The Morgan fingerprint density at radius 3 is 1.89 bits per heavy atom. The molecule has 0 aliphatic heterocycles. The molecule has 0 rings (SSSR count). The maximum Gasteiger partial charge on any atom is 0.144 e. The van der Waals surface area contributed by atoms with Crippen LogP contribution < -0.4 is 0 Å². The lowest BCUT2D eigenvalue weighted by Gasteiger charge is -2.14. The van der Waals surface area contributed by atoms with Crippen molar-refractivity contribution in [1.82, 2.24) is 0 Å². The molecule has 0 saturated carbocycles. The monoisotopic (exact) mass is 138 g/mol. The molecule has 0 aromatic heterocycles. The van der Waals surface area contributed by atoms with Crippen LogP contribution in [0.2, 0.25) is 0 Å². The van der Waals surface area contributed by atoms with Crippen molar-refractivity contribution in [2.24, 2.45) is 0 Å². The van der Waals surface area contributed by atoms with Crippen molar-refractivity contribution in [3.8, 4) is 0 Å². The molecule has 0 heterocycles. The van der Waals surface area contributed by atoms with Gasteiger partial charge in [-0.2, -0.15) is 0 Å². The highest BCUT2D eigenvalue weighted by Crippen LogP contribution is 1.94. The summed E-state index contributed by atoms with van der Waals surface area (Å²) < 4.78 is 0. The van der Waals surface area contributed by atoms with E-state index in [9.17, 15) is 0 Å². The van der Waals surface area contributed by atoms with E-state index in [2.05, 4.69) is 4.89 Å². The molecule has 5 heteroatoms. The van der Waals surface area contributed by atoms with E-state index in [0.29, 0.717) is 0 Å². The van der Waals surface area contributed by atoms with Crippen molar-refractivity contribution in [2.45, 2.75) is 12.2 Å². The fourth-order valence-electron chi connectivity index (χ4n) is 0.343. The molecule has 0 aliphatic rings. The highest BCUT2D eigenvalue weighted by atomic mass is 17.1. The summed E-state index contributed by atoms with van der Waals surface area (Å²) in [7, 11) is 0. The van der Waals surface area contributed by atoms with Crippen LogP contribution in [0.5, 0.6) is 0 Å². The Morgan fingerprint density at radius 1 is 1.22 bits per heavy atom. The quantitative estimate of drug-likeness (QED) is 0.271. The third-order valence-electron chi connectivity index (χ3n) is 0.932. The molecule has 0 radical (unpaired) electrons. The molecule has 0 aliphatic carbocycles. The van der Waals surface area contributed by atoms with Gasteiger partial charge < -0.3 is 15.3 Å². The lowest BCUT2D eigenvalue weighted by Crippen LogP contribution is -2.34. The minimum absolute atomic E-state index is 0.530. The number of hydrogen-bond acceptors (Lipinski definition) is 5. The first-order valence-electron chi connectivity index (χ1n) is 2.46. The predicted octanol–water partition coefficient (Wildman–Crippen LogP) is -1.81. The summed E-state index contributed by atoms with van der Waals surface area (Å²) in [6, 6.07) is 0. The summed E-state index contributed by atoms with van der Waals surface area (Å²) in [5.74, 6) is 0. The van der Waals surface area contributed by atoms with Gasteiger partial charge in [0.25, 0.3) is 0 Å². The topological polar surface area (TPSA) is 90.2 Å². The molecule has 0 bridgehead atoms. The number of rotatable bonds is 4. The van der Waals surface area contributed by atoms with Gasteiger partial charge in [-0.15, -0.1) is 0 Å². The minimum Gasteiger partial charge on any atom is -0.394 e. The largest absolute Gasteiger partial charge is 0.394 e. The molecule has 0 fully saturated rings. The molecule has 2 atom stereocenters. The van der Waals surface area contributed by atoms with Gasteiger partial charge in [0.05, 0.1) is 13.2 Å². The second-order valence-electron chi connectivity index (χ2n) is 1.58. The lowest BCUT2D eigenvalue weighted by atomic mass is 10.2. The van der Waals surface area contributed by atoms with Crippen LogP contribution in [0.3, 0.4) is 0 Å². The van der Waals surface area contributed by atoms with Gasteiger partial charge in [-0.3, -0.25) is 5.26 Å². The molecule has 0 saturated heterocycles. The van der Waals surface area contributed by atoms with Crippen LogP contribution in [0, 0.1) is 0 Å². The molecule has 5 nitrogen and oxygen atoms in total. The first kappa shape index (κ1) is 8.80. The van der Waals surface area contributed by atoms with E-state index in [0.717, 1.165) is 0 Å². The summed E-state index contributed by atoms with van der Waals surface area (Å²) >= 11 is 0. The van der Waals surface area contributed by atoms with E-state index >= 15 is 0 Å². The SMILES string of the molecule is OCC(O)C(CO)OO. The van der Waals surface area contributed by atoms with Gasteiger partial charge in [0.1, 0.15) is 12.2 Å². The Labute approximate surface area is 52.1 Å². The van der Waals surface area contributed by atoms with E-state index < -0.39 is 25.4 Å². The van der Waals surface area contributed by atoms with E-state index in [1.165, 1.54) is 0 Å². The molecule has 56 valence electrons. The van der Waals surface area contributed by atoms with Crippen molar-refractivity contribution < 1.29 is 25.5 Å². The molecule has 0 aromatic rings. The lowest BCUT2D eigenvalue weighted by molar-refractivity contribution is -0.304. The zero-order valence-electron chi connectivity index (χ0n) is 4.77. The molecular formula is C4H10O5. The van der Waals surface area contributed by atoms with Crippen LogP contribution >= 0.6 is 0 Å². The van der Waals surface area contributed by atoms with Crippen LogP contribution in [0.1, 0.15) is 0 Å². The molecule has 0 aromatic carbocycles. The molecule has 9 heavy (non-hydrogen) atoms. The first-order chi connectivity index (χ1) is 4.26. The number of aliphatic hydroxyl groups is 3. The Bertz CT molecular complexity index is 62.0. The first-order valence-corrected chi connectivity index (χ1v) is 2.46. The van der Waals surface area contributed by atoms with Crippen molar-refractivity contribution in [2.75, 3.05) is 13.2 Å². The number of hydrogen-bond donors (Lipinski definition) is 4. The second-order valence-corrected chi connectivity index (χ2v) is 1.58. The van der Waals surface area contributed by atoms with E-state index in [1.807, 2.05) is 0 Å². The smallest absolute Gasteiger partial charge is 0.144 e. The highest BCUT2D eigenvalue weighted by molar-refractivity contribution is 4.64. The normalized spacial score (nSPS) is 17.3. The Kier molecular flexibility index (Phi) is 4.55. The minimum atomic E-state index is -1.24. The summed E-state index contributed by atoms with van der Waals surface area (Å²) in [4.78, 5) is 3.59. The van der Waals surface area contributed by atoms with Crippen molar-refractivity contribution >= 4 is 0 Å². The zero-order valence-corrected chi connectivity index (χ0v) is 4.77. The Hall–Kier alpha value is -0.200. The van der Waals surface area contributed by atoms with Crippen LogP contribution in [0.4, 0.5) is 0 Å². The zero-order chi connectivity index (χ0) is 7.28. The fraction of sp³-hybridized carbons (Fsp3) is 1.00. The summed E-state index contributed by atoms with van der Waals surface area (Å²) in [5, 5.41) is 33.0. The van der Waals surface area contributed by atoms with Crippen molar-refractivity contribution in [1.29, 1.82) is 0 Å². The molecule has 0 amide bonds. The van der Waals surface area contributed by atoms with Crippen LogP contribution in [-0.2, 0) is 4.89 Å². The van der Waals surface area contributed by atoms with Gasteiger partial charge in [-0.1, -0.05) is 0 Å². The average molecular weight is 138 g/mol. The third kappa shape index (κ3) is 2.73. The maximum atomic E-state index is 8.62. The molecule has 2 unspecified atom stereocenters. The van der Waals surface area contributed by atoms with Crippen LogP contribution in [0.25, 0.3) is 0 Å². The number of aliphatic hydroxyl groups excluding tert-OH is 3. The Morgan fingerprint density at radius 2 is 1.78 bits per heavy atom. The van der Waals surface area contributed by atoms with Crippen molar-refractivity contribution in [3.63, 3.8) is 0 Å². The van der Waals surface area contributed by atoms with Crippen LogP contribution in [0.15, 0.2) is 0 Å².